The first-order valence-corrected chi connectivity index (χ1v) is 8.26. The number of benzene rings is 2. The smallest absolute Gasteiger partial charge is 0.387 e. The van der Waals surface area contributed by atoms with Crippen molar-refractivity contribution in [3.8, 4) is 5.75 Å². The van der Waals surface area contributed by atoms with E-state index in [1.807, 2.05) is 43.3 Å². The minimum atomic E-state index is -2.83. The molecular weight excluding hydrogens is 340 g/mol. The van der Waals surface area contributed by atoms with Crippen LogP contribution in [0, 0.1) is 0 Å². The van der Waals surface area contributed by atoms with E-state index in [-0.39, 0.29) is 11.8 Å². The Bertz CT molecular complexity index is 689. The molecule has 0 unspecified atom stereocenters. The fourth-order valence-electron chi connectivity index (χ4n) is 2.31. The molecule has 0 spiro atoms. The van der Waals surface area contributed by atoms with Crippen LogP contribution in [0.4, 0.5) is 19.3 Å². The second kappa shape index (κ2) is 9.60. The van der Waals surface area contributed by atoms with Gasteiger partial charge in [0.25, 0.3) is 0 Å². The fraction of sp³-hybridized carbons (Fsp3) is 0.316. The number of alkyl halides is 2. The zero-order valence-electron chi connectivity index (χ0n) is 14.8. The van der Waals surface area contributed by atoms with E-state index in [4.69, 9.17) is 0 Å². The zero-order chi connectivity index (χ0) is 18.9. The van der Waals surface area contributed by atoms with E-state index in [1.54, 1.807) is 12.1 Å². The van der Waals surface area contributed by atoms with Crippen molar-refractivity contribution in [3.05, 3.63) is 59.7 Å². The largest absolute Gasteiger partial charge is 0.435 e. The van der Waals surface area contributed by atoms with E-state index in [0.717, 1.165) is 16.8 Å². The number of hydrogen-bond donors (Lipinski definition) is 2. The number of amides is 2. The number of anilines is 1. The lowest BCUT2D eigenvalue weighted by Gasteiger charge is -2.13. The number of rotatable bonds is 8. The van der Waals surface area contributed by atoms with E-state index < -0.39 is 6.61 Å². The van der Waals surface area contributed by atoms with Gasteiger partial charge in [0.05, 0.1) is 0 Å². The van der Waals surface area contributed by atoms with E-state index in [0.29, 0.717) is 19.5 Å². The first-order valence-electron chi connectivity index (χ1n) is 8.26. The number of urea groups is 1. The van der Waals surface area contributed by atoms with Crippen molar-refractivity contribution in [1.29, 1.82) is 0 Å². The Balaban J connectivity index is 1.68. The molecule has 0 fully saturated rings. The third-order valence-corrected chi connectivity index (χ3v) is 3.75. The monoisotopic (exact) mass is 363 g/mol. The summed E-state index contributed by atoms with van der Waals surface area (Å²) in [6.45, 7) is -1.94. The molecule has 26 heavy (non-hydrogen) atoms. The number of halogens is 2. The Hall–Kier alpha value is -2.83. The van der Waals surface area contributed by atoms with Crippen LogP contribution in [-0.2, 0) is 13.0 Å². The van der Waals surface area contributed by atoms with Crippen molar-refractivity contribution in [2.45, 2.75) is 19.6 Å². The second-order valence-corrected chi connectivity index (χ2v) is 5.94. The average Bonchev–Trinajstić information content (AvgIpc) is 2.61. The maximum Gasteiger partial charge on any atom is 0.387 e. The van der Waals surface area contributed by atoms with Crippen LogP contribution in [0.2, 0.25) is 0 Å². The highest BCUT2D eigenvalue weighted by Crippen LogP contribution is 2.15. The van der Waals surface area contributed by atoms with Gasteiger partial charge in [0.15, 0.2) is 0 Å². The van der Waals surface area contributed by atoms with Gasteiger partial charge in [-0.15, -0.1) is 0 Å². The molecule has 0 radical (unpaired) electrons. The molecule has 2 aromatic rings. The molecule has 2 N–H and O–H groups in total. The Morgan fingerprint density at radius 3 is 2.19 bits per heavy atom. The van der Waals surface area contributed by atoms with Gasteiger partial charge in [0, 0.05) is 32.9 Å². The van der Waals surface area contributed by atoms with Crippen LogP contribution in [0.15, 0.2) is 48.5 Å². The molecule has 140 valence electrons. The van der Waals surface area contributed by atoms with Crippen LogP contribution in [0.3, 0.4) is 0 Å². The molecule has 5 nitrogen and oxygen atoms in total. The summed E-state index contributed by atoms with van der Waals surface area (Å²) < 4.78 is 28.5. The van der Waals surface area contributed by atoms with Crippen LogP contribution in [0.5, 0.6) is 5.75 Å². The predicted octanol–water partition coefficient (Wildman–Crippen LogP) is 3.40. The number of carbonyl (C=O) groups excluding carboxylic acids is 1. The summed E-state index contributed by atoms with van der Waals surface area (Å²) in [5, 5.41) is 5.57. The highest BCUT2D eigenvalue weighted by Gasteiger charge is 2.04. The number of nitrogens with one attached hydrogen (secondary N) is 2. The van der Waals surface area contributed by atoms with Crippen LogP contribution in [0.1, 0.15) is 11.1 Å². The van der Waals surface area contributed by atoms with Gasteiger partial charge in [0.1, 0.15) is 5.75 Å². The molecule has 0 aliphatic rings. The second-order valence-electron chi connectivity index (χ2n) is 5.94. The van der Waals surface area contributed by atoms with Gasteiger partial charge in [-0.05, 0) is 41.8 Å². The Labute approximate surface area is 152 Å². The van der Waals surface area contributed by atoms with Crippen LogP contribution in [0.25, 0.3) is 0 Å². The van der Waals surface area contributed by atoms with E-state index in [9.17, 15) is 13.6 Å². The quantitative estimate of drug-likeness (QED) is 0.756. The molecule has 2 aromatic carbocycles. The van der Waals surface area contributed by atoms with Crippen LogP contribution >= 0.6 is 0 Å². The van der Waals surface area contributed by atoms with Crippen molar-refractivity contribution < 1.29 is 18.3 Å². The standard InChI is InChI=1S/C19H23F2N3O2/c1-24(2)16-7-3-15(4-8-16)13-23-19(25)22-12-11-14-5-9-17(10-6-14)26-18(20)21/h3-10,18H,11-13H2,1-2H3,(H2,22,23,25). The van der Waals surface area contributed by atoms with Gasteiger partial charge in [-0.2, -0.15) is 8.78 Å². The molecule has 0 saturated carbocycles. The number of hydrogen-bond acceptors (Lipinski definition) is 3. The minimum absolute atomic E-state index is 0.120. The van der Waals surface area contributed by atoms with E-state index >= 15 is 0 Å². The summed E-state index contributed by atoms with van der Waals surface area (Å²) in [4.78, 5) is 13.8. The predicted molar refractivity (Wildman–Crippen MR) is 97.8 cm³/mol. The average molecular weight is 363 g/mol. The van der Waals surface area contributed by atoms with Gasteiger partial charge < -0.3 is 20.3 Å². The fourth-order valence-corrected chi connectivity index (χ4v) is 2.31. The lowest BCUT2D eigenvalue weighted by atomic mass is 10.1. The normalized spacial score (nSPS) is 10.5. The summed E-state index contributed by atoms with van der Waals surface area (Å²) in [5.74, 6) is 0.120. The topological polar surface area (TPSA) is 53.6 Å². The van der Waals surface area contributed by atoms with Crippen molar-refractivity contribution in [1.82, 2.24) is 10.6 Å². The molecule has 2 rings (SSSR count). The summed E-state index contributed by atoms with van der Waals surface area (Å²) in [6, 6.07) is 14.1. The summed E-state index contributed by atoms with van der Waals surface area (Å²) in [5.41, 5.74) is 3.04. The Morgan fingerprint density at radius 2 is 1.62 bits per heavy atom. The van der Waals surface area contributed by atoms with Crippen molar-refractivity contribution in [2.75, 3.05) is 25.5 Å². The van der Waals surface area contributed by atoms with Gasteiger partial charge in [-0.25, -0.2) is 4.79 Å². The summed E-state index contributed by atoms with van der Waals surface area (Å²) in [7, 11) is 3.94. The number of ether oxygens (including phenoxy) is 1. The Morgan fingerprint density at radius 1 is 1.00 bits per heavy atom. The molecule has 0 aliphatic heterocycles. The number of carbonyl (C=O) groups is 1. The SMILES string of the molecule is CN(C)c1ccc(CNC(=O)NCCc2ccc(OC(F)F)cc2)cc1. The molecular formula is C19H23F2N3O2. The van der Waals surface area contributed by atoms with Gasteiger partial charge >= 0.3 is 12.6 Å². The highest BCUT2D eigenvalue weighted by molar-refractivity contribution is 5.73. The minimum Gasteiger partial charge on any atom is -0.435 e. The van der Waals surface area contributed by atoms with E-state index in [1.165, 1.54) is 12.1 Å². The molecule has 0 bridgehead atoms. The van der Waals surface area contributed by atoms with Gasteiger partial charge in [-0.1, -0.05) is 24.3 Å². The van der Waals surface area contributed by atoms with Gasteiger partial charge in [0.2, 0.25) is 0 Å². The zero-order valence-corrected chi connectivity index (χ0v) is 14.8. The molecule has 0 aromatic heterocycles. The van der Waals surface area contributed by atoms with Crippen LogP contribution in [-0.4, -0.2) is 33.3 Å². The highest BCUT2D eigenvalue weighted by atomic mass is 19.3. The van der Waals surface area contributed by atoms with Crippen molar-refractivity contribution in [3.63, 3.8) is 0 Å². The van der Waals surface area contributed by atoms with Crippen LogP contribution < -0.4 is 20.3 Å². The molecule has 2 amide bonds. The Kier molecular flexibility index (Phi) is 7.20. The maximum absolute atomic E-state index is 12.1. The third kappa shape index (κ3) is 6.58. The maximum atomic E-state index is 12.1. The first-order chi connectivity index (χ1) is 12.4. The molecule has 0 aliphatic carbocycles. The molecule has 0 heterocycles. The summed E-state index contributed by atoms with van der Waals surface area (Å²) >= 11 is 0. The number of nitrogens with zero attached hydrogens (tertiary/aromatic N) is 1. The lowest BCUT2D eigenvalue weighted by Crippen LogP contribution is -2.36. The molecule has 0 atom stereocenters. The van der Waals surface area contributed by atoms with Gasteiger partial charge in [-0.3, -0.25) is 0 Å². The first kappa shape index (κ1) is 19.5. The van der Waals surface area contributed by atoms with Crippen molar-refractivity contribution >= 4 is 11.7 Å². The summed E-state index contributed by atoms with van der Waals surface area (Å²) in [6.07, 6.45) is 0.597. The van der Waals surface area contributed by atoms with E-state index in [2.05, 4.69) is 15.4 Å². The van der Waals surface area contributed by atoms with Crippen molar-refractivity contribution in [2.24, 2.45) is 0 Å². The third-order valence-electron chi connectivity index (χ3n) is 3.75. The molecule has 0 saturated heterocycles. The molecule has 7 heteroatoms. The lowest BCUT2D eigenvalue weighted by molar-refractivity contribution is -0.0498.